The number of aromatic nitrogens is 6. The van der Waals surface area contributed by atoms with Crippen molar-refractivity contribution in [2.75, 3.05) is 6.54 Å². The van der Waals surface area contributed by atoms with Crippen molar-refractivity contribution in [2.45, 2.75) is 120 Å². The number of hydrogen-bond donors (Lipinski definition) is 6. The van der Waals surface area contributed by atoms with E-state index in [1.165, 1.54) is 18.7 Å². The molecule has 11 atom stereocenters. The lowest BCUT2D eigenvalue weighted by Gasteiger charge is -2.34. The van der Waals surface area contributed by atoms with Crippen LogP contribution in [0.1, 0.15) is 72.4 Å². The second-order valence-electron chi connectivity index (χ2n) is 16.7. The highest BCUT2D eigenvalue weighted by molar-refractivity contribution is 5.79. The van der Waals surface area contributed by atoms with Crippen molar-refractivity contribution < 1.29 is 39.0 Å². The minimum absolute atomic E-state index is 0.137. The quantitative estimate of drug-likeness (QED) is 0.130. The lowest BCUT2D eigenvalue weighted by Crippen LogP contribution is -2.43. The van der Waals surface area contributed by atoms with E-state index >= 15 is 4.39 Å². The first-order chi connectivity index (χ1) is 29.0. The Hall–Kier alpha value is -5.23. The molecule has 2 aliphatic carbocycles. The average Bonchev–Trinajstić information content (AvgIpc) is 3.98. The van der Waals surface area contributed by atoms with Crippen molar-refractivity contribution >= 4 is 22.1 Å². The van der Waals surface area contributed by atoms with Gasteiger partial charge in [-0.25, -0.2) is 24.3 Å². The standard InChI is InChI=1S/C44H49FN8O7/c1-21-24-10-13-52(43(24)50-19-48-21)30-16-36(41(56)39(30)54)59-33-6-4-5-32-27(33)18-47-23(3)35(58-32)15-29-38-26(9-12-46-29)28(45)7-8-34(38)60-37-17-31(40(55)42(37)57)53-14-11-25-22(2)49-20-51-44(25)53/h4-8,10-11,13-14,19-20,23,29-31,35-37,39-42,46-47,54-57H,9,12,15-18H2,1-3H3/t23-,29+,30-,31-,35?,36+,37+,39+,40+,41-,42-/m1/s1. The molecular formula is C44H49FN8O7. The Bertz CT molecular complexity index is 2570. The summed E-state index contributed by atoms with van der Waals surface area (Å²) < 4.78 is 39.2. The molecule has 1 unspecified atom stereocenters. The molecule has 16 heteroatoms. The number of benzene rings is 2. The Morgan fingerprint density at radius 2 is 1.37 bits per heavy atom. The van der Waals surface area contributed by atoms with E-state index in [1.54, 1.807) is 6.07 Å². The maximum absolute atomic E-state index is 15.6. The average molecular weight is 821 g/mol. The summed E-state index contributed by atoms with van der Waals surface area (Å²) >= 11 is 0. The maximum Gasteiger partial charge on any atom is 0.143 e. The fourth-order valence-corrected chi connectivity index (χ4v) is 9.89. The molecule has 15 nitrogen and oxygen atoms in total. The topological polar surface area (TPSA) is 194 Å². The van der Waals surface area contributed by atoms with Gasteiger partial charge in [0.15, 0.2) is 0 Å². The van der Waals surface area contributed by atoms with Crippen molar-refractivity contribution in [2.24, 2.45) is 0 Å². The summed E-state index contributed by atoms with van der Waals surface area (Å²) in [4.78, 5) is 17.5. The van der Waals surface area contributed by atoms with E-state index in [4.69, 9.17) is 14.2 Å². The minimum Gasteiger partial charge on any atom is -0.488 e. The van der Waals surface area contributed by atoms with Gasteiger partial charge >= 0.3 is 0 Å². The zero-order chi connectivity index (χ0) is 41.4. The molecule has 2 fully saturated rings. The SMILES string of the molecule is Cc1ncnc2c1ccn2[C@@H]1C[C@H](Oc2cccc3c2CN[C@H](C)C(C[C@@H]2NCCc4c(F)ccc(O[C@H]5C[C@@H](n6ccc7c(C)ncnc76)[C@H](O)[C@@H]5O)c42)O3)[C@@H](O)[C@H]1O. The first-order valence-corrected chi connectivity index (χ1v) is 20.7. The molecule has 0 saturated heterocycles. The Morgan fingerprint density at radius 1 is 0.750 bits per heavy atom. The number of nitrogens with zero attached hydrogens (tertiary/aromatic N) is 6. The predicted molar refractivity (Wildman–Crippen MR) is 217 cm³/mol. The highest BCUT2D eigenvalue weighted by Crippen LogP contribution is 2.43. The van der Waals surface area contributed by atoms with Gasteiger partial charge in [-0.05, 0) is 75.7 Å². The highest BCUT2D eigenvalue weighted by Gasteiger charge is 2.46. The molecule has 6 aromatic rings. The molecule has 4 aliphatic rings. The normalized spacial score (nSPS) is 30.2. The number of nitrogens with one attached hydrogen (secondary N) is 2. The number of aryl methyl sites for hydroxylation is 2. The zero-order valence-corrected chi connectivity index (χ0v) is 33.5. The second-order valence-corrected chi connectivity index (χ2v) is 16.7. The van der Waals surface area contributed by atoms with Crippen LogP contribution in [-0.2, 0) is 13.0 Å². The molecule has 0 bridgehead atoms. The summed E-state index contributed by atoms with van der Waals surface area (Å²) in [5, 5.41) is 54.0. The molecule has 2 aromatic carbocycles. The van der Waals surface area contributed by atoms with Crippen molar-refractivity contribution in [3.8, 4) is 17.2 Å². The van der Waals surface area contributed by atoms with Gasteiger partial charge in [0.05, 0.1) is 23.5 Å². The smallest absolute Gasteiger partial charge is 0.143 e. The van der Waals surface area contributed by atoms with E-state index in [9.17, 15) is 20.4 Å². The van der Waals surface area contributed by atoms with Gasteiger partial charge in [0, 0.05) is 72.2 Å². The van der Waals surface area contributed by atoms with Gasteiger partial charge in [0.2, 0.25) is 0 Å². The third-order valence-electron chi connectivity index (χ3n) is 13.3. The number of ether oxygens (including phenoxy) is 3. The van der Waals surface area contributed by atoms with Crippen molar-refractivity contribution in [3.05, 3.63) is 101 Å². The van der Waals surface area contributed by atoms with Crippen LogP contribution in [0.25, 0.3) is 22.1 Å². The largest absolute Gasteiger partial charge is 0.488 e. The van der Waals surface area contributed by atoms with Crippen LogP contribution >= 0.6 is 0 Å². The number of aliphatic hydroxyl groups excluding tert-OH is 4. The number of rotatable bonds is 8. The molecule has 0 radical (unpaired) electrons. The van der Waals surface area contributed by atoms with E-state index in [0.29, 0.717) is 78.4 Å². The number of halogens is 1. The number of hydrogen-bond acceptors (Lipinski definition) is 13. The molecule has 314 valence electrons. The van der Waals surface area contributed by atoms with Crippen molar-refractivity contribution in [1.29, 1.82) is 0 Å². The molecule has 4 aromatic heterocycles. The molecule has 2 saturated carbocycles. The summed E-state index contributed by atoms with van der Waals surface area (Å²) in [5.41, 5.74) is 5.05. The van der Waals surface area contributed by atoms with Gasteiger partial charge in [0.25, 0.3) is 0 Å². The van der Waals surface area contributed by atoms with Gasteiger partial charge in [-0.2, -0.15) is 0 Å². The van der Waals surface area contributed by atoms with Gasteiger partial charge < -0.3 is 54.4 Å². The minimum atomic E-state index is -1.19. The van der Waals surface area contributed by atoms with Crippen LogP contribution in [0.4, 0.5) is 4.39 Å². The summed E-state index contributed by atoms with van der Waals surface area (Å²) in [7, 11) is 0. The van der Waals surface area contributed by atoms with Gasteiger partial charge in [-0.15, -0.1) is 0 Å². The van der Waals surface area contributed by atoms with Crippen molar-refractivity contribution in [3.63, 3.8) is 0 Å². The summed E-state index contributed by atoms with van der Waals surface area (Å²) in [5.74, 6) is 1.30. The van der Waals surface area contributed by atoms with E-state index in [-0.39, 0.29) is 24.0 Å². The Labute approximate surface area is 345 Å². The van der Waals surface area contributed by atoms with Crippen LogP contribution in [0, 0.1) is 19.7 Å². The number of fused-ring (bicyclic) bond motifs is 4. The molecule has 0 amide bonds. The monoisotopic (exact) mass is 820 g/mol. The summed E-state index contributed by atoms with van der Waals surface area (Å²) in [6, 6.07) is 11.0. The molecule has 0 spiro atoms. The Balaban J connectivity index is 0.874. The van der Waals surface area contributed by atoms with E-state index in [1.807, 2.05) is 72.6 Å². The predicted octanol–water partition coefficient (Wildman–Crippen LogP) is 3.68. The highest BCUT2D eigenvalue weighted by atomic mass is 19.1. The van der Waals surface area contributed by atoms with Crippen LogP contribution in [0.15, 0.2) is 67.5 Å². The fourth-order valence-electron chi connectivity index (χ4n) is 9.89. The third kappa shape index (κ3) is 6.57. The van der Waals surface area contributed by atoms with E-state index in [0.717, 1.165) is 27.7 Å². The van der Waals surface area contributed by atoms with Crippen LogP contribution in [-0.4, -0.2) is 105 Å². The van der Waals surface area contributed by atoms with Crippen LogP contribution in [0.5, 0.6) is 17.2 Å². The Morgan fingerprint density at radius 3 is 2.00 bits per heavy atom. The first kappa shape index (κ1) is 38.9. The fraction of sp³-hybridized carbons (Fsp3) is 0.455. The lowest BCUT2D eigenvalue weighted by molar-refractivity contribution is -0.0168. The zero-order valence-electron chi connectivity index (χ0n) is 33.5. The molecular weight excluding hydrogens is 772 g/mol. The summed E-state index contributed by atoms with van der Waals surface area (Å²) in [6.45, 7) is 6.84. The summed E-state index contributed by atoms with van der Waals surface area (Å²) in [6.07, 6.45) is 1.94. The van der Waals surface area contributed by atoms with E-state index in [2.05, 4.69) is 30.6 Å². The molecule has 6 N–H and O–H groups in total. The van der Waals surface area contributed by atoms with Crippen LogP contribution in [0.3, 0.4) is 0 Å². The van der Waals surface area contributed by atoms with E-state index < -0.39 is 48.7 Å². The maximum atomic E-state index is 15.6. The second kappa shape index (κ2) is 15.3. The molecule has 10 rings (SSSR count). The van der Waals surface area contributed by atoms with Gasteiger partial charge in [-0.3, -0.25) is 0 Å². The first-order valence-electron chi connectivity index (χ1n) is 20.7. The van der Waals surface area contributed by atoms with Crippen LogP contribution < -0.4 is 24.8 Å². The molecule has 60 heavy (non-hydrogen) atoms. The number of aliphatic hydroxyl groups is 4. The molecule has 6 heterocycles. The van der Waals surface area contributed by atoms with Gasteiger partial charge in [0.1, 0.15) is 89.7 Å². The third-order valence-corrected chi connectivity index (χ3v) is 13.3. The Kier molecular flexibility index (Phi) is 9.96. The van der Waals surface area contributed by atoms with Gasteiger partial charge in [-0.1, -0.05) is 6.07 Å². The molecule has 2 aliphatic heterocycles. The van der Waals surface area contributed by atoms with Crippen molar-refractivity contribution in [1.82, 2.24) is 39.7 Å². The lowest BCUT2D eigenvalue weighted by atomic mass is 9.88. The van der Waals surface area contributed by atoms with Crippen LogP contribution in [0.2, 0.25) is 0 Å².